The van der Waals surface area contributed by atoms with E-state index < -0.39 is 42.7 Å². The molecular formula is C19H24BrF2NO6. The van der Waals surface area contributed by atoms with E-state index >= 15 is 0 Å². The van der Waals surface area contributed by atoms with E-state index in [2.05, 4.69) is 26.0 Å². The second-order valence-electron chi connectivity index (χ2n) is 7.42. The average molecular weight is 480 g/mol. The van der Waals surface area contributed by atoms with E-state index in [4.69, 9.17) is 9.47 Å². The summed E-state index contributed by atoms with van der Waals surface area (Å²) < 4.78 is 40.0. The number of ketones is 1. The maximum atomic E-state index is 12.6. The number of amides is 1. The van der Waals surface area contributed by atoms with E-state index in [0.29, 0.717) is 4.47 Å². The fraction of sp³-hybridized carbons (Fsp3) is 0.526. The molecule has 7 nitrogen and oxygen atoms in total. The van der Waals surface area contributed by atoms with E-state index in [-0.39, 0.29) is 17.2 Å². The normalized spacial score (nSPS) is 12.5. The molecule has 0 fully saturated rings. The monoisotopic (exact) mass is 479 g/mol. The molecule has 1 aromatic rings. The smallest absolute Gasteiger partial charge is 0.408 e. The Hall–Kier alpha value is -2.23. The molecule has 0 aliphatic carbocycles. The highest BCUT2D eigenvalue weighted by Gasteiger charge is 2.29. The van der Waals surface area contributed by atoms with Crippen LogP contribution in [-0.2, 0) is 14.3 Å². The van der Waals surface area contributed by atoms with Crippen molar-refractivity contribution in [2.24, 2.45) is 5.92 Å². The highest BCUT2D eigenvalue weighted by Crippen LogP contribution is 2.26. The zero-order valence-corrected chi connectivity index (χ0v) is 18.3. The molecule has 1 amide bonds. The van der Waals surface area contributed by atoms with Gasteiger partial charge in [-0.25, -0.2) is 9.59 Å². The minimum Gasteiger partial charge on any atom is -0.456 e. The van der Waals surface area contributed by atoms with Crippen molar-refractivity contribution in [3.05, 3.63) is 28.2 Å². The Morgan fingerprint density at radius 2 is 1.79 bits per heavy atom. The molecule has 0 saturated heterocycles. The zero-order valence-electron chi connectivity index (χ0n) is 16.8. The molecule has 0 spiro atoms. The Kier molecular flexibility index (Phi) is 9.00. The predicted molar refractivity (Wildman–Crippen MR) is 104 cm³/mol. The summed E-state index contributed by atoms with van der Waals surface area (Å²) in [6.07, 6.45) is -0.806. The molecule has 1 N–H and O–H groups in total. The van der Waals surface area contributed by atoms with Crippen LogP contribution in [0.25, 0.3) is 0 Å². The molecular weight excluding hydrogens is 456 g/mol. The lowest BCUT2D eigenvalue weighted by Gasteiger charge is -2.24. The number of carbonyl (C=O) groups excluding carboxylic acids is 3. The largest absolute Gasteiger partial charge is 0.456 e. The first-order valence-electron chi connectivity index (χ1n) is 8.74. The van der Waals surface area contributed by atoms with E-state index in [1.54, 1.807) is 34.6 Å². The number of hydrogen-bond acceptors (Lipinski definition) is 6. The van der Waals surface area contributed by atoms with Gasteiger partial charge in [-0.1, -0.05) is 29.8 Å². The summed E-state index contributed by atoms with van der Waals surface area (Å²) in [5.41, 5.74) is -0.920. The number of benzene rings is 1. The van der Waals surface area contributed by atoms with Crippen molar-refractivity contribution < 1.29 is 37.4 Å². The van der Waals surface area contributed by atoms with Gasteiger partial charge in [-0.3, -0.25) is 4.79 Å². The van der Waals surface area contributed by atoms with Crippen LogP contribution in [0.5, 0.6) is 5.75 Å². The van der Waals surface area contributed by atoms with Gasteiger partial charge in [0.2, 0.25) is 5.78 Å². The molecule has 0 bridgehead atoms. The summed E-state index contributed by atoms with van der Waals surface area (Å²) in [4.78, 5) is 36.6. The Labute approximate surface area is 176 Å². The molecule has 1 unspecified atom stereocenters. The Bertz CT molecular complexity index is 749. The summed E-state index contributed by atoms with van der Waals surface area (Å²) in [7, 11) is 0. The standard InChI is InChI=1S/C19H24BrF2NO6/c1-10(2)15(23-18(26)29-19(3,4)5)16(25)27-9-13(24)12-7-6-11(20)8-14(12)28-17(21)22/h6-8,10,15,17H,9H2,1-5H3,(H,23,26). The molecule has 0 heterocycles. The number of esters is 1. The van der Waals surface area contributed by atoms with Crippen LogP contribution in [0.3, 0.4) is 0 Å². The lowest BCUT2D eigenvalue weighted by molar-refractivity contribution is -0.146. The second kappa shape index (κ2) is 10.5. The molecule has 0 saturated carbocycles. The first-order chi connectivity index (χ1) is 13.3. The Balaban J connectivity index is 2.81. The molecule has 162 valence electrons. The summed E-state index contributed by atoms with van der Waals surface area (Å²) in [5, 5.41) is 2.40. The minimum absolute atomic E-state index is 0.164. The summed E-state index contributed by atoms with van der Waals surface area (Å²) in [6.45, 7) is 4.53. The number of hydrogen-bond donors (Lipinski definition) is 1. The number of Topliss-reactive ketones (excluding diaryl/α,β-unsaturated/α-hetero) is 1. The van der Waals surface area contributed by atoms with Crippen molar-refractivity contribution in [2.45, 2.75) is 52.9 Å². The van der Waals surface area contributed by atoms with E-state index in [1.165, 1.54) is 18.2 Å². The molecule has 0 radical (unpaired) electrons. The lowest BCUT2D eigenvalue weighted by atomic mass is 10.1. The number of alkyl halides is 2. The van der Waals surface area contributed by atoms with Crippen LogP contribution in [0.2, 0.25) is 0 Å². The van der Waals surface area contributed by atoms with E-state index in [1.807, 2.05) is 0 Å². The highest BCUT2D eigenvalue weighted by molar-refractivity contribution is 9.10. The first-order valence-corrected chi connectivity index (χ1v) is 9.53. The van der Waals surface area contributed by atoms with E-state index in [9.17, 15) is 23.2 Å². The van der Waals surface area contributed by atoms with Gasteiger partial charge in [0.05, 0.1) is 5.56 Å². The average Bonchev–Trinajstić information content (AvgIpc) is 2.55. The van der Waals surface area contributed by atoms with Crippen LogP contribution >= 0.6 is 15.9 Å². The summed E-state index contributed by atoms with van der Waals surface area (Å²) >= 11 is 3.10. The minimum atomic E-state index is -3.12. The number of halogens is 3. The Morgan fingerprint density at radius 3 is 2.31 bits per heavy atom. The molecule has 1 atom stereocenters. The van der Waals surface area contributed by atoms with Crippen LogP contribution in [-0.4, -0.2) is 42.7 Å². The third-order valence-corrected chi connectivity index (χ3v) is 3.89. The number of rotatable bonds is 8. The number of nitrogens with one attached hydrogen (secondary N) is 1. The van der Waals surface area contributed by atoms with Crippen molar-refractivity contribution in [3.8, 4) is 5.75 Å². The lowest BCUT2D eigenvalue weighted by Crippen LogP contribution is -2.47. The van der Waals surface area contributed by atoms with Gasteiger partial charge in [0, 0.05) is 4.47 Å². The predicted octanol–water partition coefficient (Wildman–Crippen LogP) is 4.33. The van der Waals surface area contributed by atoms with Crippen molar-refractivity contribution in [2.75, 3.05) is 6.61 Å². The molecule has 10 heteroatoms. The molecule has 0 aliphatic rings. The first kappa shape index (κ1) is 24.8. The summed E-state index contributed by atoms with van der Waals surface area (Å²) in [5.74, 6) is -2.29. The van der Waals surface area contributed by atoms with Gasteiger partial charge in [0.1, 0.15) is 17.4 Å². The van der Waals surface area contributed by atoms with Gasteiger partial charge in [-0.2, -0.15) is 8.78 Å². The Morgan fingerprint density at radius 1 is 1.17 bits per heavy atom. The second-order valence-corrected chi connectivity index (χ2v) is 8.33. The van der Waals surface area contributed by atoms with Crippen LogP contribution in [0, 0.1) is 5.92 Å². The maximum Gasteiger partial charge on any atom is 0.408 e. The van der Waals surface area contributed by atoms with Gasteiger partial charge in [-0.05, 0) is 44.9 Å². The van der Waals surface area contributed by atoms with Crippen LogP contribution in [0.4, 0.5) is 13.6 Å². The number of carbonyl (C=O) groups is 3. The van der Waals surface area contributed by atoms with Crippen molar-refractivity contribution >= 4 is 33.8 Å². The van der Waals surface area contributed by atoms with Crippen LogP contribution in [0.15, 0.2) is 22.7 Å². The van der Waals surface area contributed by atoms with Crippen LogP contribution < -0.4 is 10.1 Å². The number of alkyl carbamates (subject to hydrolysis) is 1. The van der Waals surface area contributed by atoms with E-state index in [0.717, 1.165) is 0 Å². The van der Waals surface area contributed by atoms with Crippen molar-refractivity contribution in [1.29, 1.82) is 0 Å². The molecule has 1 aromatic carbocycles. The molecule has 0 aliphatic heterocycles. The van der Waals surface area contributed by atoms with Gasteiger partial charge in [-0.15, -0.1) is 0 Å². The third kappa shape index (κ3) is 8.76. The maximum absolute atomic E-state index is 12.6. The molecule has 1 rings (SSSR count). The molecule has 0 aromatic heterocycles. The topological polar surface area (TPSA) is 90.9 Å². The highest BCUT2D eigenvalue weighted by atomic mass is 79.9. The number of ether oxygens (including phenoxy) is 3. The SMILES string of the molecule is CC(C)C(NC(=O)OC(C)(C)C)C(=O)OCC(=O)c1ccc(Br)cc1OC(F)F. The molecule has 29 heavy (non-hydrogen) atoms. The quantitative estimate of drug-likeness (QED) is 0.440. The van der Waals surface area contributed by atoms with Gasteiger partial charge in [0.25, 0.3) is 0 Å². The van der Waals surface area contributed by atoms with Gasteiger partial charge < -0.3 is 19.5 Å². The van der Waals surface area contributed by atoms with Crippen LogP contribution in [0.1, 0.15) is 45.0 Å². The van der Waals surface area contributed by atoms with Crippen molar-refractivity contribution in [1.82, 2.24) is 5.32 Å². The fourth-order valence-corrected chi connectivity index (χ4v) is 2.50. The van der Waals surface area contributed by atoms with Crippen molar-refractivity contribution in [3.63, 3.8) is 0 Å². The summed E-state index contributed by atoms with van der Waals surface area (Å²) in [6, 6.07) is 2.90. The zero-order chi connectivity index (χ0) is 22.4. The fourth-order valence-electron chi connectivity index (χ4n) is 2.16. The van der Waals surface area contributed by atoms with Gasteiger partial charge >= 0.3 is 18.7 Å². The van der Waals surface area contributed by atoms with Gasteiger partial charge in [0.15, 0.2) is 6.61 Å². The third-order valence-electron chi connectivity index (χ3n) is 3.40.